The number of halogens is 2. The average Bonchev–Trinajstić information content (AvgIpc) is 2.84. The number of allylic oxidation sites excluding steroid dienone is 1. The van der Waals surface area contributed by atoms with Gasteiger partial charge in [-0.05, 0) is 67.1 Å². The second-order valence-electron chi connectivity index (χ2n) is 7.83. The van der Waals surface area contributed by atoms with Crippen molar-refractivity contribution in [3.63, 3.8) is 0 Å². The van der Waals surface area contributed by atoms with Crippen molar-refractivity contribution in [2.45, 2.75) is 6.92 Å². The van der Waals surface area contributed by atoms with Crippen LogP contribution in [0.3, 0.4) is 0 Å². The maximum absolute atomic E-state index is 14.7. The number of aromatic nitrogens is 4. The maximum Gasteiger partial charge on any atom is 0.160 e. The molecule has 0 bridgehead atoms. The lowest BCUT2D eigenvalue weighted by molar-refractivity contribution is 0.631. The molecule has 5 rings (SSSR count). The zero-order chi connectivity index (χ0) is 23.7. The molecular formula is C27H19ClFN5. The molecule has 0 amide bonds. The highest BCUT2D eigenvalue weighted by Crippen LogP contribution is 2.34. The Labute approximate surface area is 201 Å². The van der Waals surface area contributed by atoms with Crippen LogP contribution in [0.15, 0.2) is 91.5 Å². The summed E-state index contributed by atoms with van der Waals surface area (Å²) in [6.07, 6.45) is 5.19. The molecule has 0 spiro atoms. The first-order valence-corrected chi connectivity index (χ1v) is 10.9. The molecule has 1 N–H and O–H groups in total. The predicted molar refractivity (Wildman–Crippen MR) is 135 cm³/mol. The van der Waals surface area contributed by atoms with Crippen LogP contribution in [-0.4, -0.2) is 19.9 Å². The summed E-state index contributed by atoms with van der Waals surface area (Å²) in [5.41, 5.74) is 5.33. The number of pyridine rings is 4. The van der Waals surface area contributed by atoms with Gasteiger partial charge in [0.25, 0.3) is 0 Å². The highest BCUT2D eigenvalue weighted by molar-refractivity contribution is 6.30. The number of fused-ring (bicyclic) bond motifs is 1. The lowest BCUT2D eigenvalue weighted by Gasteiger charge is -2.12. The van der Waals surface area contributed by atoms with Crippen LogP contribution in [0, 0.1) is 5.82 Å². The van der Waals surface area contributed by atoms with E-state index in [0.29, 0.717) is 27.7 Å². The second-order valence-corrected chi connectivity index (χ2v) is 8.27. The van der Waals surface area contributed by atoms with Crippen LogP contribution in [0.25, 0.3) is 44.7 Å². The fourth-order valence-electron chi connectivity index (χ4n) is 3.74. The Hall–Kier alpha value is -4.16. The van der Waals surface area contributed by atoms with Crippen LogP contribution in [0.2, 0.25) is 5.02 Å². The molecule has 0 aliphatic rings. The number of hydrogen-bond acceptors (Lipinski definition) is 5. The Bertz CT molecular complexity index is 1550. The Morgan fingerprint density at radius 1 is 0.912 bits per heavy atom. The summed E-state index contributed by atoms with van der Waals surface area (Å²) in [5, 5.41) is 4.39. The number of rotatable bonds is 5. The van der Waals surface area contributed by atoms with Crippen molar-refractivity contribution in [1.82, 2.24) is 19.9 Å². The van der Waals surface area contributed by atoms with Crippen molar-refractivity contribution in [2.24, 2.45) is 0 Å². The molecule has 0 aliphatic heterocycles. The fourth-order valence-corrected chi connectivity index (χ4v) is 3.91. The fraction of sp³-hybridized carbons (Fsp3) is 0.0370. The van der Waals surface area contributed by atoms with E-state index in [1.165, 1.54) is 12.1 Å². The van der Waals surface area contributed by atoms with Crippen molar-refractivity contribution in [2.75, 3.05) is 5.32 Å². The topological polar surface area (TPSA) is 63.6 Å². The molecule has 0 aliphatic carbocycles. The van der Waals surface area contributed by atoms with Gasteiger partial charge >= 0.3 is 0 Å². The Morgan fingerprint density at radius 2 is 1.76 bits per heavy atom. The molecule has 0 unspecified atom stereocenters. The van der Waals surface area contributed by atoms with E-state index in [1.807, 2.05) is 49.4 Å². The first-order valence-electron chi connectivity index (χ1n) is 10.5. The normalized spacial score (nSPS) is 10.9. The van der Waals surface area contributed by atoms with Crippen LogP contribution >= 0.6 is 11.6 Å². The number of benzene rings is 1. The van der Waals surface area contributed by atoms with Crippen LogP contribution in [0.4, 0.5) is 10.2 Å². The van der Waals surface area contributed by atoms with Crippen LogP contribution in [0.1, 0.15) is 6.92 Å². The SMILES string of the molecule is C=C(C)Nc1cccc(-c2cncc(-c3cc(-c4cc(Cl)ccc4F)nc4ncccc34)c2)n1. The Morgan fingerprint density at radius 3 is 2.62 bits per heavy atom. The van der Waals surface area contributed by atoms with Crippen LogP contribution in [-0.2, 0) is 0 Å². The molecule has 4 aromatic heterocycles. The minimum atomic E-state index is -0.406. The first kappa shape index (κ1) is 21.7. The van der Waals surface area contributed by atoms with Crippen molar-refractivity contribution >= 4 is 28.5 Å². The minimum absolute atomic E-state index is 0.311. The Kier molecular flexibility index (Phi) is 5.74. The summed E-state index contributed by atoms with van der Waals surface area (Å²) in [7, 11) is 0. The molecule has 0 saturated heterocycles. The molecule has 0 atom stereocenters. The van der Waals surface area contributed by atoms with Gasteiger partial charge in [0.15, 0.2) is 5.65 Å². The van der Waals surface area contributed by atoms with E-state index in [1.54, 1.807) is 24.7 Å². The van der Waals surface area contributed by atoms with E-state index in [2.05, 4.69) is 31.8 Å². The van der Waals surface area contributed by atoms with Crippen molar-refractivity contribution in [3.05, 3.63) is 102 Å². The lowest BCUT2D eigenvalue weighted by Crippen LogP contribution is -1.97. The zero-order valence-corrected chi connectivity index (χ0v) is 19.0. The largest absolute Gasteiger partial charge is 0.345 e. The zero-order valence-electron chi connectivity index (χ0n) is 18.3. The third-order valence-electron chi connectivity index (χ3n) is 5.22. The van der Waals surface area contributed by atoms with Crippen LogP contribution in [0.5, 0.6) is 0 Å². The molecule has 0 saturated carbocycles. The molecule has 5 nitrogen and oxygen atoms in total. The van der Waals surface area contributed by atoms with Gasteiger partial charge in [0.2, 0.25) is 0 Å². The van der Waals surface area contributed by atoms with Gasteiger partial charge in [-0.25, -0.2) is 19.3 Å². The molecule has 4 heterocycles. The second kappa shape index (κ2) is 9.00. The number of nitrogens with zero attached hydrogens (tertiary/aromatic N) is 4. The molecule has 34 heavy (non-hydrogen) atoms. The molecule has 1 aromatic carbocycles. The number of anilines is 1. The van der Waals surface area contributed by atoms with E-state index in [4.69, 9.17) is 11.6 Å². The van der Waals surface area contributed by atoms with Gasteiger partial charge in [-0.15, -0.1) is 0 Å². The first-order chi connectivity index (χ1) is 16.5. The predicted octanol–water partition coefficient (Wildman–Crippen LogP) is 7.16. The third-order valence-corrected chi connectivity index (χ3v) is 5.46. The highest BCUT2D eigenvalue weighted by atomic mass is 35.5. The molecular weight excluding hydrogens is 449 g/mol. The summed E-state index contributed by atoms with van der Waals surface area (Å²) in [4.78, 5) is 18.1. The molecule has 7 heteroatoms. The quantitative estimate of drug-likeness (QED) is 0.297. The van der Waals surface area contributed by atoms with Crippen LogP contribution < -0.4 is 5.32 Å². The van der Waals surface area contributed by atoms with Gasteiger partial charge in [-0.1, -0.05) is 24.2 Å². The lowest BCUT2D eigenvalue weighted by atomic mass is 9.99. The standard InChI is InChI=1S/C27H19ClFN5/c1-16(2)32-26-7-3-6-24(33-26)18-11-17(14-30-15-18)21-13-25(22-12-19(28)8-9-23(22)29)34-27-20(21)5-4-10-31-27/h3-15H,1H2,2H3,(H,32,33). The summed E-state index contributed by atoms with van der Waals surface area (Å²) in [6, 6.07) is 17.8. The Balaban J connectivity index is 1.67. The summed E-state index contributed by atoms with van der Waals surface area (Å²) in [6.45, 7) is 5.74. The summed E-state index contributed by atoms with van der Waals surface area (Å²) < 4.78 is 14.7. The molecule has 0 radical (unpaired) electrons. The number of nitrogens with one attached hydrogen (secondary N) is 1. The van der Waals surface area contributed by atoms with E-state index in [-0.39, 0.29) is 0 Å². The van der Waals surface area contributed by atoms with E-state index in [0.717, 1.165) is 33.5 Å². The molecule has 0 fully saturated rings. The van der Waals surface area contributed by atoms with Crippen molar-refractivity contribution < 1.29 is 4.39 Å². The van der Waals surface area contributed by atoms with Gasteiger partial charge < -0.3 is 5.32 Å². The van der Waals surface area contributed by atoms with Crippen molar-refractivity contribution in [1.29, 1.82) is 0 Å². The molecule has 166 valence electrons. The van der Waals surface area contributed by atoms with Crippen molar-refractivity contribution in [3.8, 4) is 33.6 Å². The molecule has 5 aromatic rings. The van der Waals surface area contributed by atoms with Gasteiger partial charge in [0.05, 0.1) is 11.4 Å². The highest BCUT2D eigenvalue weighted by Gasteiger charge is 2.14. The average molecular weight is 468 g/mol. The maximum atomic E-state index is 14.7. The smallest absolute Gasteiger partial charge is 0.160 e. The van der Waals surface area contributed by atoms with Gasteiger partial charge in [0.1, 0.15) is 11.6 Å². The van der Waals surface area contributed by atoms with E-state index in [9.17, 15) is 4.39 Å². The van der Waals surface area contributed by atoms with Gasteiger partial charge in [-0.3, -0.25) is 4.98 Å². The number of hydrogen-bond donors (Lipinski definition) is 1. The van der Waals surface area contributed by atoms with Gasteiger partial charge in [-0.2, -0.15) is 0 Å². The summed E-state index contributed by atoms with van der Waals surface area (Å²) in [5.74, 6) is 0.295. The minimum Gasteiger partial charge on any atom is -0.345 e. The van der Waals surface area contributed by atoms with Gasteiger partial charge in [0, 0.05) is 51.4 Å². The monoisotopic (exact) mass is 467 g/mol. The summed E-state index contributed by atoms with van der Waals surface area (Å²) >= 11 is 6.14. The third kappa shape index (κ3) is 4.36. The van der Waals surface area contributed by atoms with E-state index < -0.39 is 5.82 Å². The van der Waals surface area contributed by atoms with E-state index >= 15 is 0 Å².